The molecule has 2 aromatic carbocycles. The van der Waals surface area contributed by atoms with Crippen molar-refractivity contribution >= 4 is 50.7 Å². The van der Waals surface area contributed by atoms with Crippen LogP contribution in [-0.2, 0) is 26.2 Å². The SMILES string of the molecule is C[C@H](C(=O)NC(C)(C)C)N(Cc1ccc(Cl)c(Cl)c1)C(=O)CN(c1ccc(F)cc1)S(C)(=O)=O. The lowest BCUT2D eigenvalue weighted by Crippen LogP contribution is -2.54. The average molecular weight is 532 g/mol. The lowest BCUT2D eigenvalue weighted by molar-refractivity contribution is -0.140. The van der Waals surface area contributed by atoms with Crippen LogP contribution in [0.2, 0.25) is 10.0 Å². The number of anilines is 1. The highest BCUT2D eigenvalue weighted by Gasteiger charge is 2.31. The average Bonchev–Trinajstić information content (AvgIpc) is 2.71. The van der Waals surface area contributed by atoms with Crippen molar-refractivity contribution in [1.29, 1.82) is 0 Å². The van der Waals surface area contributed by atoms with Crippen molar-refractivity contribution in [2.75, 3.05) is 17.1 Å². The summed E-state index contributed by atoms with van der Waals surface area (Å²) < 4.78 is 39.1. The van der Waals surface area contributed by atoms with Gasteiger partial charge in [0.2, 0.25) is 21.8 Å². The topological polar surface area (TPSA) is 86.8 Å². The van der Waals surface area contributed by atoms with Gasteiger partial charge in [0.25, 0.3) is 0 Å². The van der Waals surface area contributed by atoms with Crippen molar-refractivity contribution < 1.29 is 22.4 Å². The van der Waals surface area contributed by atoms with Crippen molar-refractivity contribution in [3.8, 4) is 0 Å². The van der Waals surface area contributed by atoms with Gasteiger partial charge in [0.05, 0.1) is 22.0 Å². The molecular weight excluding hydrogens is 504 g/mol. The fourth-order valence-electron chi connectivity index (χ4n) is 3.11. The van der Waals surface area contributed by atoms with Gasteiger partial charge in [-0.2, -0.15) is 0 Å². The zero-order valence-corrected chi connectivity index (χ0v) is 21.9. The van der Waals surface area contributed by atoms with Gasteiger partial charge in [-0.15, -0.1) is 0 Å². The molecular formula is C23H28Cl2FN3O4S. The van der Waals surface area contributed by atoms with E-state index in [4.69, 9.17) is 23.2 Å². The molecule has 0 unspecified atom stereocenters. The Balaban J connectivity index is 2.42. The Morgan fingerprint density at radius 3 is 2.15 bits per heavy atom. The Kier molecular flexibility index (Phi) is 8.96. The molecule has 0 saturated heterocycles. The van der Waals surface area contributed by atoms with Gasteiger partial charge in [0.1, 0.15) is 18.4 Å². The minimum absolute atomic E-state index is 0.0184. The van der Waals surface area contributed by atoms with E-state index in [-0.39, 0.29) is 17.3 Å². The molecule has 11 heteroatoms. The van der Waals surface area contributed by atoms with Crippen LogP contribution in [0.4, 0.5) is 10.1 Å². The van der Waals surface area contributed by atoms with Gasteiger partial charge in [0.15, 0.2) is 0 Å². The second-order valence-electron chi connectivity index (χ2n) is 8.93. The quantitative estimate of drug-likeness (QED) is 0.552. The van der Waals surface area contributed by atoms with Crippen molar-refractivity contribution in [3.05, 3.63) is 63.9 Å². The normalized spacial score (nSPS) is 12.7. The molecule has 0 aromatic heterocycles. The van der Waals surface area contributed by atoms with Crippen LogP contribution in [0.5, 0.6) is 0 Å². The number of nitrogens with zero attached hydrogens (tertiary/aromatic N) is 2. The highest BCUT2D eigenvalue weighted by molar-refractivity contribution is 7.92. The maximum atomic E-state index is 13.4. The van der Waals surface area contributed by atoms with Crippen LogP contribution in [0.1, 0.15) is 33.3 Å². The molecule has 186 valence electrons. The summed E-state index contributed by atoms with van der Waals surface area (Å²) in [6.45, 7) is 6.38. The van der Waals surface area contributed by atoms with Crippen LogP contribution < -0.4 is 9.62 Å². The molecule has 0 bridgehead atoms. The second kappa shape index (κ2) is 10.9. The molecule has 2 rings (SSSR count). The minimum atomic E-state index is -3.90. The highest BCUT2D eigenvalue weighted by Crippen LogP contribution is 2.24. The Morgan fingerprint density at radius 2 is 1.65 bits per heavy atom. The molecule has 34 heavy (non-hydrogen) atoms. The monoisotopic (exact) mass is 531 g/mol. The first-order valence-corrected chi connectivity index (χ1v) is 13.0. The summed E-state index contributed by atoms with van der Waals surface area (Å²) in [6.07, 6.45) is 0.947. The minimum Gasteiger partial charge on any atom is -0.350 e. The lowest BCUT2D eigenvalue weighted by atomic mass is 10.1. The number of nitrogens with one attached hydrogen (secondary N) is 1. The molecule has 2 amide bonds. The third-order valence-corrected chi connectivity index (χ3v) is 6.68. The maximum absolute atomic E-state index is 13.4. The van der Waals surface area contributed by atoms with Crippen molar-refractivity contribution in [1.82, 2.24) is 10.2 Å². The summed E-state index contributed by atoms with van der Waals surface area (Å²) in [5.74, 6) is -1.58. The Bertz CT molecular complexity index is 1150. The smallest absolute Gasteiger partial charge is 0.244 e. The van der Waals surface area contributed by atoms with Crippen LogP contribution >= 0.6 is 23.2 Å². The molecule has 0 aliphatic heterocycles. The number of carbonyl (C=O) groups excluding carboxylic acids is 2. The molecule has 0 spiro atoms. The Morgan fingerprint density at radius 1 is 1.06 bits per heavy atom. The van der Waals surface area contributed by atoms with Crippen molar-refractivity contribution in [2.24, 2.45) is 0 Å². The zero-order chi connectivity index (χ0) is 25.8. The largest absolute Gasteiger partial charge is 0.350 e. The summed E-state index contributed by atoms with van der Waals surface area (Å²) in [6, 6.07) is 8.62. The van der Waals surface area contributed by atoms with Crippen molar-refractivity contribution in [2.45, 2.75) is 45.8 Å². The standard InChI is InChI=1S/C23H28Cl2FN3O4S/c1-15(22(31)27-23(2,3)4)28(13-16-6-11-19(24)20(25)12-16)21(30)14-29(34(5,32)33)18-9-7-17(26)8-10-18/h6-12,15H,13-14H2,1-5H3,(H,27,31)/t15-/m1/s1. The molecule has 0 fully saturated rings. The van der Waals surface area contributed by atoms with Crippen LogP contribution in [0.3, 0.4) is 0 Å². The van der Waals surface area contributed by atoms with E-state index in [9.17, 15) is 22.4 Å². The van der Waals surface area contributed by atoms with E-state index in [0.29, 0.717) is 10.6 Å². The highest BCUT2D eigenvalue weighted by atomic mass is 35.5. The first-order valence-electron chi connectivity index (χ1n) is 10.4. The summed E-state index contributed by atoms with van der Waals surface area (Å²) in [4.78, 5) is 27.6. The van der Waals surface area contributed by atoms with E-state index in [1.54, 1.807) is 25.1 Å². The Labute approximate surface area is 209 Å². The number of hydrogen-bond donors (Lipinski definition) is 1. The molecule has 0 aliphatic carbocycles. The predicted octanol–water partition coefficient (Wildman–Crippen LogP) is 4.23. The lowest BCUT2D eigenvalue weighted by Gasteiger charge is -2.33. The van der Waals surface area contributed by atoms with Gasteiger partial charge in [-0.3, -0.25) is 13.9 Å². The molecule has 0 saturated carbocycles. The van der Waals surface area contributed by atoms with E-state index in [2.05, 4.69) is 5.32 Å². The van der Waals surface area contributed by atoms with E-state index in [1.165, 1.54) is 17.0 Å². The molecule has 0 aliphatic rings. The fourth-order valence-corrected chi connectivity index (χ4v) is 4.28. The first kappa shape index (κ1) is 27.9. The van der Waals surface area contributed by atoms with Gasteiger partial charge in [-0.1, -0.05) is 29.3 Å². The zero-order valence-electron chi connectivity index (χ0n) is 19.6. The van der Waals surface area contributed by atoms with E-state index < -0.39 is 45.8 Å². The first-order chi connectivity index (χ1) is 15.6. The maximum Gasteiger partial charge on any atom is 0.244 e. The van der Waals surface area contributed by atoms with Gasteiger partial charge < -0.3 is 10.2 Å². The molecule has 1 atom stereocenters. The summed E-state index contributed by atoms with van der Waals surface area (Å²) in [7, 11) is -3.90. The van der Waals surface area contributed by atoms with E-state index >= 15 is 0 Å². The van der Waals surface area contributed by atoms with E-state index in [0.717, 1.165) is 22.7 Å². The Hall–Kier alpha value is -2.36. The predicted molar refractivity (Wildman–Crippen MR) is 133 cm³/mol. The number of halogens is 3. The molecule has 0 radical (unpaired) electrons. The molecule has 7 nitrogen and oxygen atoms in total. The number of benzene rings is 2. The number of sulfonamides is 1. The summed E-state index contributed by atoms with van der Waals surface area (Å²) in [5.41, 5.74) is 0.181. The fraction of sp³-hybridized carbons (Fsp3) is 0.391. The number of hydrogen-bond acceptors (Lipinski definition) is 4. The molecule has 2 aromatic rings. The second-order valence-corrected chi connectivity index (χ2v) is 11.7. The van der Waals surface area contributed by atoms with Crippen LogP contribution in [0.15, 0.2) is 42.5 Å². The number of rotatable bonds is 8. The summed E-state index contributed by atoms with van der Waals surface area (Å²) in [5, 5.41) is 3.44. The van der Waals surface area contributed by atoms with Gasteiger partial charge in [-0.05, 0) is 69.7 Å². The van der Waals surface area contributed by atoms with Gasteiger partial charge >= 0.3 is 0 Å². The number of amides is 2. The van der Waals surface area contributed by atoms with Gasteiger partial charge in [-0.25, -0.2) is 12.8 Å². The third-order valence-electron chi connectivity index (χ3n) is 4.80. The van der Waals surface area contributed by atoms with Crippen LogP contribution in [-0.4, -0.2) is 49.5 Å². The number of carbonyl (C=O) groups is 2. The van der Waals surface area contributed by atoms with Crippen LogP contribution in [0.25, 0.3) is 0 Å². The van der Waals surface area contributed by atoms with Gasteiger partial charge in [0, 0.05) is 12.1 Å². The summed E-state index contributed by atoms with van der Waals surface area (Å²) >= 11 is 12.1. The van der Waals surface area contributed by atoms with Crippen molar-refractivity contribution in [3.63, 3.8) is 0 Å². The molecule has 1 N–H and O–H groups in total. The molecule has 0 heterocycles. The van der Waals surface area contributed by atoms with Crippen LogP contribution in [0, 0.1) is 5.82 Å². The third kappa shape index (κ3) is 7.85. The van der Waals surface area contributed by atoms with E-state index in [1.807, 2.05) is 20.8 Å².